The number of benzene rings is 1. The Morgan fingerprint density at radius 3 is 2.00 bits per heavy atom. The molecule has 0 aliphatic carbocycles. The number of aromatic hydroxyl groups is 2. The number of phenolic OH excluding ortho intramolecular Hbond substituents is 2. The summed E-state index contributed by atoms with van der Waals surface area (Å²) >= 11 is 0. The van der Waals surface area contributed by atoms with Crippen LogP contribution in [0.4, 0.5) is 0 Å². The Kier molecular flexibility index (Phi) is 3.93. The molecule has 0 atom stereocenters. The van der Waals surface area contributed by atoms with Crippen LogP contribution in [-0.4, -0.2) is 32.2 Å². The third-order valence-corrected chi connectivity index (χ3v) is 2.31. The fourth-order valence-electron chi connectivity index (χ4n) is 1.55. The zero-order valence-corrected chi connectivity index (χ0v) is 9.88. The lowest BCUT2D eigenvalue weighted by Gasteiger charge is -2.10. The summed E-state index contributed by atoms with van der Waals surface area (Å²) in [5, 5.41) is 40.2. The molecular weight excluding hydrogens is 238 g/mol. The molecule has 0 heterocycles. The highest BCUT2D eigenvalue weighted by Crippen LogP contribution is 2.30. The van der Waals surface area contributed by atoms with Gasteiger partial charge in [0.1, 0.15) is 17.2 Å². The molecular formula is C12H13NO5. The Bertz CT molecular complexity index is 521. The lowest BCUT2D eigenvalue weighted by atomic mass is 9.97. The van der Waals surface area contributed by atoms with Gasteiger partial charge in [0.15, 0.2) is 0 Å². The summed E-state index contributed by atoms with van der Waals surface area (Å²) in [6.07, 6.45) is 0. The van der Waals surface area contributed by atoms with Gasteiger partial charge in [-0.05, 0) is 26.0 Å². The van der Waals surface area contributed by atoms with Crippen molar-refractivity contribution in [2.45, 2.75) is 13.8 Å². The maximum atomic E-state index is 11.1. The van der Waals surface area contributed by atoms with Crippen molar-refractivity contribution in [2.75, 3.05) is 0 Å². The Morgan fingerprint density at radius 2 is 1.67 bits per heavy atom. The van der Waals surface area contributed by atoms with Crippen LogP contribution >= 0.6 is 0 Å². The molecule has 96 valence electrons. The first kappa shape index (κ1) is 13.6. The Balaban J connectivity index is 3.55. The first-order valence-electron chi connectivity index (χ1n) is 5.04. The van der Waals surface area contributed by atoms with Crippen LogP contribution in [0.25, 0.3) is 0 Å². The molecule has 6 heteroatoms. The molecule has 0 radical (unpaired) electrons. The van der Waals surface area contributed by atoms with E-state index in [1.807, 2.05) is 0 Å². The van der Waals surface area contributed by atoms with Gasteiger partial charge in [-0.15, -0.1) is 0 Å². The third kappa shape index (κ3) is 2.42. The molecule has 0 saturated heterocycles. The molecule has 0 saturated carbocycles. The number of carboxylic acids is 1. The van der Waals surface area contributed by atoms with Crippen LogP contribution in [0.3, 0.4) is 0 Å². The maximum Gasteiger partial charge on any atom is 0.337 e. The minimum atomic E-state index is -1.31. The molecule has 1 aromatic rings. The monoisotopic (exact) mass is 251 g/mol. The van der Waals surface area contributed by atoms with E-state index in [-0.39, 0.29) is 22.6 Å². The molecule has 0 aliphatic heterocycles. The molecule has 1 aromatic carbocycles. The molecule has 0 spiro atoms. The molecule has 0 bridgehead atoms. The predicted molar refractivity (Wildman–Crippen MR) is 64.1 cm³/mol. The van der Waals surface area contributed by atoms with Crippen molar-refractivity contribution >= 4 is 11.7 Å². The van der Waals surface area contributed by atoms with E-state index in [0.29, 0.717) is 5.57 Å². The van der Waals surface area contributed by atoms with Gasteiger partial charge in [-0.1, -0.05) is 16.8 Å². The summed E-state index contributed by atoms with van der Waals surface area (Å²) in [4.78, 5) is 11.1. The minimum Gasteiger partial charge on any atom is -0.507 e. The van der Waals surface area contributed by atoms with E-state index < -0.39 is 11.7 Å². The quantitative estimate of drug-likeness (QED) is 0.283. The molecule has 0 unspecified atom stereocenters. The number of allylic oxidation sites excluding steroid dienone is 1. The smallest absolute Gasteiger partial charge is 0.337 e. The number of carboxylic acid groups (broad SMARTS) is 1. The van der Waals surface area contributed by atoms with Gasteiger partial charge in [0, 0.05) is 0 Å². The van der Waals surface area contributed by atoms with Gasteiger partial charge >= 0.3 is 5.97 Å². The van der Waals surface area contributed by atoms with Crippen LogP contribution in [0, 0.1) is 0 Å². The zero-order chi connectivity index (χ0) is 13.9. The second kappa shape index (κ2) is 5.22. The van der Waals surface area contributed by atoms with E-state index >= 15 is 0 Å². The van der Waals surface area contributed by atoms with Gasteiger partial charge in [0.25, 0.3) is 0 Å². The third-order valence-electron chi connectivity index (χ3n) is 2.31. The van der Waals surface area contributed by atoms with Crippen molar-refractivity contribution in [1.29, 1.82) is 0 Å². The summed E-state index contributed by atoms with van der Waals surface area (Å²) in [6.45, 7) is 3.04. The highest BCUT2D eigenvalue weighted by atomic mass is 16.4. The van der Waals surface area contributed by atoms with E-state index in [2.05, 4.69) is 5.16 Å². The van der Waals surface area contributed by atoms with E-state index in [4.69, 9.17) is 10.3 Å². The van der Waals surface area contributed by atoms with Crippen LogP contribution in [-0.2, 0) is 4.79 Å². The number of hydrogen-bond acceptors (Lipinski definition) is 5. The van der Waals surface area contributed by atoms with E-state index in [1.165, 1.54) is 32.0 Å². The number of nitrogens with zero attached hydrogens (tertiary/aromatic N) is 1. The number of carbonyl (C=O) groups is 1. The fraction of sp³-hybridized carbons (Fsp3) is 0.167. The first-order valence-corrected chi connectivity index (χ1v) is 5.04. The molecule has 1 rings (SSSR count). The van der Waals surface area contributed by atoms with Crippen molar-refractivity contribution in [3.8, 4) is 11.5 Å². The number of oxime groups is 1. The van der Waals surface area contributed by atoms with Gasteiger partial charge in [-0.25, -0.2) is 4.79 Å². The average molecular weight is 251 g/mol. The molecule has 0 aliphatic rings. The summed E-state index contributed by atoms with van der Waals surface area (Å²) < 4.78 is 0. The predicted octanol–water partition coefficient (Wildman–Crippen LogP) is 1.70. The SMILES string of the molecule is CC(C)=C(C(=O)O)/C(=N\O)c1c(O)cccc1O. The first-order chi connectivity index (χ1) is 8.40. The highest BCUT2D eigenvalue weighted by Gasteiger charge is 2.24. The van der Waals surface area contributed by atoms with Gasteiger partial charge in [0.05, 0.1) is 11.1 Å². The molecule has 0 amide bonds. The van der Waals surface area contributed by atoms with E-state index in [1.54, 1.807) is 0 Å². The lowest BCUT2D eigenvalue weighted by molar-refractivity contribution is -0.132. The van der Waals surface area contributed by atoms with Crippen LogP contribution in [0.2, 0.25) is 0 Å². The average Bonchev–Trinajstić information content (AvgIpc) is 2.25. The van der Waals surface area contributed by atoms with Crippen LogP contribution in [0.1, 0.15) is 19.4 Å². The molecule has 0 aromatic heterocycles. The Hall–Kier alpha value is -2.50. The van der Waals surface area contributed by atoms with Gasteiger partial charge in [-0.3, -0.25) is 0 Å². The zero-order valence-electron chi connectivity index (χ0n) is 9.88. The highest BCUT2D eigenvalue weighted by molar-refractivity contribution is 6.28. The number of rotatable bonds is 3. The van der Waals surface area contributed by atoms with Crippen molar-refractivity contribution in [1.82, 2.24) is 0 Å². The number of hydrogen-bond donors (Lipinski definition) is 4. The van der Waals surface area contributed by atoms with Gasteiger partial charge in [-0.2, -0.15) is 0 Å². The molecule has 0 fully saturated rings. The largest absolute Gasteiger partial charge is 0.507 e. The summed E-state index contributed by atoms with van der Waals surface area (Å²) in [5.74, 6) is -2.06. The van der Waals surface area contributed by atoms with Crippen LogP contribution < -0.4 is 0 Å². The summed E-state index contributed by atoms with van der Waals surface area (Å²) in [6, 6.07) is 3.89. The molecule has 6 nitrogen and oxygen atoms in total. The van der Waals surface area contributed by atoms with Crippen LogP contribution in [0.5, 0.6) is 11.5 Å². The Morgan fingerprint density at radius 1 is 1.17 bits per heavy atom. The Labute approximate surface area is 103 Å². The number of phenols is 2. The second-order valence-corrected chi connectivity index (χ2v) is 3.80. The van der Waals surface area contributed by atoms with E-state index in [0.717, 1.165) is 0 Å². The second-order valence-electron chi connectivity index (χ2n) is 3.80. The topological polar surface area (TPSA) is 110 Å². The van der Waals surface area contributed by atoms with Crippen molar-refractivity contribution in [2.24, 2.45) is 5.16 Å². The number of aliphatic carboxylic acids is 1. The summed E-state index contributed by atoms with van der Waals surface area (Å²) in [5.41, 5.74) is -0.524. The summed E-state index contributed by atoms with van der Waals surface area (Å²) in [7, 11) is 0. The molecule has 18 heavy (non-hydrogen) atoms. The van der Waals surface area contributed by atoms with E-state index in [9.17, 15) is 15.0 Å². The fourth-order valence-corrected chi connectivity index (χ4v) is 1.55. The van der Waals surface area contributed by atoms with Crippen molar-refractivity contribution < 1.29 is 25.3 Å². The van der Waals surface area contributed by atoms with Gasteiger partial charge in [0.2, 0.25) is 0 Å². The molecule has 4 N–H and O–H groups in total. The minimum absolute atomic E-state index is 0.224. The normalized spacial score (nSPS) is 11.1. The van der Waals surface area contributed by atoms with Crippen molar-refractivity contribution in [3.63, 3.8) is 0 Å². The lowest BCUT2D eigenvalue weighted by Crippen LogP contribution is -2.15. The van der Waals surface area contributed by atoms with Crippen LogP contribution in [0.15, 0.2) is 34.5 Å². The van der Waals surface area contributed by atoms with Gasteiger partial charge < -0.3 is 20.5 Å². The maximum absolute atomic E-state index is 11.1. The standard InChI is InChI=1S/C12H13NO5/c1-6(2)9(12(16)17)11(13-18)10-7(14)4-3-5-8(10)15/h3-5,14-15,18H,1-2H3,(H,16,17)/b13-11+. The van der Waals surface area contributed by atoms with Crippen molar-refractivity contribution in [3.05, 3.63) is 34.9 Å².